The van der Waals surface area contributed by atoms with E-state index in [-0.39, 0.29) is 30.8 Å². The van der Waals surface area contributed by atoms with E-state index >= 15 is 0 Å². The van der Waals surface area contributed by atoms with Crippen molar-refractivity contribution in [1.82, 2.24) is 14.7 Å². The zero-order chi connectivity index (χ0) is 31.3. The van der Waals surface area contributed by atoms with E-state index in [1.807, 2.05) is 68.4 Å². The van der Waals surface area contributed by atoms with Crippen molar-refractivity contribution in [3.63, 3.8) is 0 Å². The molecule has 8 nitrogen and oxygen atoms in total. The second-order valence-electron chi connectivity index (χ2n) is 11.7. The van der Waals surface area contributed by atoms with Crippen LogP contribution in [0, 0.1) is 0 Å². The molecule has 1 fully saturated rings. The van der Waals surface area contributed by atoms with Crippen molar-refractivity contribution >= 4 is 51.7 Å². The molecule has 0 aliphatic carbocycles. The van der Waals surface area contributed by atoms with Crippen LogP contribution < -0.4 is 11.5 Å². The van der Waals surface area contributed by atoms with Gasteiger partial charge in [0.15, 0.2) is 0 Å². The van der Waals surface area contributed by atoms with Crippen molar-refractivity contribution in [3.05, 3.63) is 81.3 Å². The number of piperidine rings is 1. The van der Waals surface area contributed by atoms with Gasteiger partial charge in [-0.05, 0) is 86.4 Å². The highest BCUT2D eigenvalue weighted by molar-refractivity contribution is 6.42. The summed E-state index contributed by atoms with van der Waals surface area (Å²) in [4.78, 5) is 44.5. The first-order chi connectivity index (χ1) is 20.4. The second kappa shape index (κ2) is 14.1. The van der Waals surface area contributed by atoms with Crippen LogP contribution in [-0.4, -0.2) is 84.8 Å². The summed E-state index contributed by atoms with van der Waals surface area (Å²) >= 11 is 12.7. The van der Waals surface area contributed by atoms with Crippen molar-refractivity contribution in [2.75, 3.05) is 46.8 Å². The van der Waals surface area contributed by atoms with Gasteiger partial charge in [0, 0.05) is 31.1 Å². The maximum absolute atomic E-state index is 14.2. The molecule has 3 aromatic carbocycles. The fourth-order valence-electron chi connectivity index (χ4n) is 6.13. The molecule has 4 N–H and O–H groups in total. The number of fused-ring (bicyclic) bond motifs is 1. The van der Waals surface area contributed by atoms with Crippen molar-refractivity contribution in [3.8, 4) is 0 Å². The number of carbonyl (C=O) groups excluding carboxylic acids is 3. The van der Waals surface area contributed by atoms with E-state index < -0.39 is 11.4 Å². The van der Waals surface area contributed by atoms with Gasteiger partial charge in [-0.3, -0.25) is 19.3 Å². The first-order valence-corrected chi connectivity index (χ1v) is 15.4. The quantitative estimate of drug-likeness (QED) is 0.303. The molecule has 230 valence electrons. The largest absolute Gasteiger partial charge is 0.368 e. The van der Waals surface area contributed by atoms with Crippen LogP contribution in [0.5, 0.6) is 0 Å². The van der Waals surface area contributed by atoms with Crippen molar-refractivity contribution in [2.45, 2.75) is 44.1 Å². The SMILES string of the molecule is CCc1cc(C(=O)N(CC(N)=O)C[C@@H](CCN2CCC(C(N)=O)(N(C)C)CC2)c2ccc(Cl)c(Cl)c2)c2ccccc2c1. The van der Waals surface area contributed by atoms with E-state index in [1.54, 1.807) is 11.0 Å². The maximum atomic E-state index is 14.2. The number of primary amides is 2. The molecule has 0 aromatic heterocycles. The molecule has 0 saturated carbocycles. The lowest BCUT2D eigenvalue weighted by molar-refractivity contribution is -0.131. The van der Waals surface area contributed by atoms with Gasteiger partial charge >= 0.3 is 0 Å². The Morgan fingerprint density at radius 3 is 2.28 bits per heavy atom. The molecule has 4 rings (SSSR count). The van der Waals surface area contributed by atoms with Crippen LogP contribution in [0.2, 0.25) is 10.0 Å². The summed E-state index contributed by atoms with van der Waals surface area (Å²) in [5.41, 5.74) is 13.3. The third-order valence-corrected chi connectivity index (χ3v) is 9.58. The van der Waals surface area contributed by atoms with Crippen molar-refractivity contribution in [2.24, 2.45) is 11.5 Å². The number of rotatable bonds is 12. The highest BCUT2D eigenvalue weighted by Gasteiger charge is 2.41. The van der Waals surface area contributed by atoms with Gasteiger partial charge in [-0.2, -0.15) is 0 Å². The Balaban J connectivity index is 1.62. The highest BCUT2D eigenvalue weighted by Crippen LogP contribution is 2.32. The standard InChI is InChI=1S/C33H41Cl2N5O3/c1-4-22-17-24-7-5-6-8-26(24)27(18-22)31(42)40(21-30(36)41)20-25(23-9-10-28(34)29(35)19-23)11-14-39-15-12-33(13-16-39,32(37)43)38(2)3/h5-10,17-19,25H,4,11-16,20-21H2,1-3H3,(H2,36,41)(H2,37,43)/t25-/m1/s1. The van der Waals surface area contributed by atoms with E-state index in [0.717, 1.165) is 48.0 Å². The molecule has 1 aliphatic rings. The molecule has 1 heterocycles. The molecule has 1 atom stereocenters. The third kappa shape index (κ3) is 7.50. The second-order valence-corrected chi connectivity index (χ2v) is 12.5. The van der Waals surface area contributed by atoms with Gasteiger partial charge in [-0.1, -0.05) is 66.5 Å². The molecule has 0 unspecified atom stereocenters. The summed E-state index contributed by atoms with van der Waals surface area (Å²) in [5, 5.41) is 2.67. The molecule has 0 bridgehead atoms. The average molecular weight is 627 g/mol. The zero-order valence-corrected chi connectivity index (χ0v) is 26.6. The zero-order valence-electron chi connectivity index (χ0n) is 25.1. The van der Waals surface area contributed by atoms with Crippen molar-refractivity contribution < 1.29 is 14.4 Å². The minimum Gasteiger partial charge on any atom is -0.368 e. The molecular weight excluding hydrogens is 585 g/mol. The van der Waals surface area contributed by atoms with Crippen LogP contribution in [0.3, 0.4) is 0 Å². The fourth-order valence-corrected chi connectivity index (χ4v) is 6.43. The smallest absolute Gasteiger partial charge is 0.254 e. The van der Waals surface area contributed by atoms with E-state index in [9.17, 15) is 14.4 Å². The first kappa shape index (κ1) is 32.7. The number of hydrogen-bond donors (Lipinski definition) is 2. The van der Waals surface area contributed by atoms with E-state index in [4.69, 9.17) is 34.7 Å². The van der Waals surface area contributed by atoms with Crippen LogP contribution >= 0.6 is 23.2 Å². The number of nitrogens with two attached hydrogens (primary N) is 2. The third-order valence-electron chi connectivity index (χ3n) is 8.84. The topological polar surface area (TPSA) is 113 Å². The summed E-state index contributed by atoms with van der Waals surface area (Å²) in [6.07, 6.45) is 2.73. The molecule has 3 aromatic rings. The maximum Gasteiger partial charge on any atom is 0.254 e. The lowest BCUT2D eigenvalue weighted by Crippen LogP contribution is -2.60. The summed E-state index contributed by atoms with van der Waals surface area (Å²) < 4.78 is 0. The molecule has 0 spiro atoms. The predicted molar refractivity (Wildman–Crippen MR) is 174 cm³/mol. The van der Waals surface area contributed by atoms with Crippen LogP contribution in [-0.2, 0) is 16.0 Å². The average Bonchev–Trinajstić information content (AvgIpc) is 2.98. The van der Waals surface area contributed by atoms with Gasteiger partial charge in [-0.25, -0.2) is 0 Å². The Morgan fingerprint density at radius 1 is 0.977 bits per heavy atom. The Hall–Kier alpha value is -3.17. The molecule has 1 aliphatic heterocycles. The molecular formula is C33H41Cl2N5O3. The number of hydrogen-bond acceptors (Lipinski definition) is 5. The molecule has 43 heavy (non-hydrogen) atoms. The lowest BCUT2D eigenvalue weighted by atomic mass is 9.85. The van der Waals surface area contributed by atoms with Gasteiger partial charge in [0.25, 0.3) is 5.91 Å². The van der Waals surface area contributed by atoms with E-state index in [1.165, 1.54) is 0 Å². The summed E-state index contributed by atoms with van der Waals surface area (Å²) in [6, 6.07) is 17.3. The number of carbonyl (C=O) groups is 3. The number of likely N-dealkylation sites (N-methyl/N-ethyl adjacent to an activating group) is 1. The number of amides is 3. The van der Waals surface area contributed by atoms with Crippen LogP contribution in [0.25, 0.3) is 10.8 Å². The number of nitrogens with zero attached hydrogens (tertiary/aromatic N) is 3. The lowest BCUT2D eigenvalue weighted by Gasteiger charge is -2.44. The van der Waals surface area contributed by atoms with E-state index in [2.05, 4.69) is 11.0 Å². The minimum absolute atomic E-state index is 0.157. The fraction of sp³-hybridized carbons (Fsp3) is 0.424. The number of aryl methyl sites for hydroxylation is 1. The Kier molecular flexibility index (Phi) is 10.7. The Labute approximate surface area is 263 Å². The van der Waals surface area contributed by atoms with Gasteiger partial charge in [0.1, 0.15) is 5.54 Å². The first-order valence-electron chi connectivity index (χ1n) is 14.7. The number of benzene rings is 3. The monoisotopic (exact) mass is 625 g/mol. The van der Waals surface area contributed by atoms with Gasteiger partial charge in [-0.15, -0.1) is 0 Å². The number of likely N-dealkylation sites (tertiary alicyclic amines) is 1. The minimum atomic E-state index is -0.653. The normalized spacial score (nSPS) is 15.9. The number of halogens is 2. The van der Waals surface area contributed by atoms with Gasteiger partial charge < -0.3 is 21.3 Å². The molecule has 0 radical (unpaired) electrons. The molecule has 1 saturated heterocycles. The summed E-state index contributed by atoms with van der Waals surface area (Å²) in [6.45, 7) is 4.26. The summed E-state index contributed by atoms with van der Waals surface area (Å²) in [7, 11) is 3.79. The van der Waals surface area contributed by atoms with Gasteiger partial charge in [0.05, 0.1) is 16.6 Å². The predicted octanol–water partition coefficient (Wildman–Crippen LogP) is 4.69. The highest BCUT2D eigenvalue weighted by atomic mass is 35.5. The molecule has 3 amide bonds. The van der Waals surface area contributed by atoms with Crippen LogP contribution in [0.4, 0.5) is 0 Å². The van der Waals surface area contributed by atoms with E-state index in [0.29, 0.717) is 34.9 Å². The summed E-state index contributed by atoms with van der Waals surface area (Å²) in [5.74, 6) is -1.29. The van der Waals surface area contributed by atoms with Crippen molar-refractivity contribution in [1.29, 1.82) is 0 Å². The van der Waals surface area contributed by atoms with Crippen LogP contribution in [0.15, 0.2) is 54.6 Å². The Morgan fingerprint density at radius 2 is 1.67 bits per heavy atom. The Bertz CT molecular complexity index is 1490. The van der Waals surface area contributed by atoms with Gasteiger partial charge in [0.2, 0.25) is 11.8 Å². The molecule has 10 heteroatoms. The van der Waals surface area contributed by atoms with Crippen LogP contribution in [0.1, 0.15) is 53.6 Å².